The molecule has 0 heterocycles. The Morgan fingerprint density at radius 1 is 1.46 bits per heavy atom. The Morgan fingerprint density at radius 3 is 2.54 bits per heavy atom. The third-order valence-corrected chi connectivity index (χ3v) is 3.01. The molecule has 1 fully saturated rings. The van der Waals surface area contributed by atoms with Gasteiger partial charge in [-0.25, -0.2) is 0 Å². The minimum absolute atomic E-state index is 0.120. The van der Waals surface area contributed by atoms with E-state index >= 15 is 0 Å². The van der Waals surface area contributed by atoms with E-state index in [-0.39, 0.29) is 17.6 Å². The van der Waals surface area contributed by atoms with Gasteiger partial charge in [-0.2, -0.15) is 0 Å². The second-order valence-corrected chi connectivity index (χ2v) is 4.28. The molecule has 0 spiro atoms. The van der Waals surface area contributed by atoms with E-state index in [0.29, 0.717) is 11.5 Å². The molecular weight excluding hydrogens is 164 g/mol. The lowest BCUT2D eigenvalue weighted by molar-refractivity contribution is -0.122. The molecule has 1 saturated carbocycles. The normalized spacial score (nSPS) is 32.9. The Kier molecular flexibility index (Phi) is 3.12. The number of carbonyl (C=O) groups excluding carboxylic acids is 1. The number of hydrogen-bond donors (Lipinski definition) is 1. The van der Waals surface area contributed by atoms with Crippen LogP contribution in [-0.2, 0) is 4.79 Å². The van der Waals surface area contributed by atoms with Crippen LogP contribution in [-0.4, -0.2) is 10.9 Å². The van der Waals surface area contributed by atoms with Crippen LogP contribution in [0.25, 0.3) is 0 Å². The largest absolute Gasteiger partial charge is 0.515 e. The second kappa shape index (κ2) is 3.95. The van der Waals surface area contributed by atoms with Gasteiger partial charge in [-0.3, -0.25) is 4.79 Å². The molecule has 0 aliphatic heterocycles. The van der Waals surface area contributed by atoms with E-state index in [1.54, 1.807) is 0 Å². The quantitative estimate of drug-likeness (QED) is 0.500. The lowest BCUT2D eigenvalue weighted by atomic mass is 9.74. The van der Waals surface area contributed by atoms with Crippen LogP contribution in [0, 0.1) is 17.8 Å². The van der Waals surface area contributed by atoms with Crippen molar-refractivity contribution in [3.63, 3.8) is 0 Å². The zero-order valence-corrected chi connectivity index (χ0v) is 8.58. The maximum Gasteiger partial charge on any atom is 0.165 e. The lowest BCUT2D eigenvalue weighted by Gasteiger charge is -2.29. The molecule has 1 aliphatic rings. The predicted molar refractivity (Wildman–Crippen MR) is 52.4 cm³/mol. The highest BCUT2D eigenvalue weighted by atomic mass is 16.2. The number of rotatable bonds is 1. The molecule has 0 radical (unpaired) electrons. The van der Waals surface area contributed by atoms with Crippen LogP contribution in [0.2, 0.25) is 0 Å². The number of ketones is 1. The topological polar surface area (TPSA) is 37.3 Å². The number of Topliss-reactive ketones (excluding diaryl/α,β-unsaturated/α-hetero) is 1. The highest BCUT2D eigenvalue weighted by molar-refractivity contribution is 5.98. The molecule has 0 aromatic carbocycles. The van der Waals surface area contributed by atoms with E-state index < -0.39 is 0 Å². The first-order valence-corrected chi connectivity index (χ1v) is 4.96. The predicted octanol–water partition coefficient (Wildman–Crippen LogP) is 2.70. The van der Waals surface area contributed by atoms with Crippen LogP contribution in [0.15, 0.2) is 11.8 Å². The van der Waals surface area contributed by atoms with Crippen molar-refractivity contribution in [2.75, 3.05) is 0 Å². The summed E-state index contributed by atoms with van der Waals surface area (Å²) in [6, 6.07) is 0. The summed E-state index contributed by atoms with van der Waals surface area (Å²) in [5.74, 6) is 0.883. The molecule has 0 unspecified atom stereocenters. The molecular formula is C11H18O2. The van der Waals surface area contributed by atoms with Crippen molar-refractivity contribution >= 4 is 5.78 Å². The van der Waals surface area contributed by atoms with Crippen molar-refractivity contribution < 1.29 is 9.90 Å². The first-order valence-electron chi connectivity index (χ1n) is 4.96. The smallest absolute Gasteiger partial charge is 0.165 e. The van der Waals surface area contributed by atoms with Gasteiger partial charge in [0.1, 0.15) is 0 Å². The van der Waals surface area contributed by atoms with Crippen LogP contribution in [0.3, 0.4) is 0 Å². The molecule has 0 amide bonds. The lowest BCUT2D eigenvalue weighted by Crippen LogP contribution is -2.30. The summed E-state index contributed by atoms with van der Waals surface area (Å²) in [5, 5.41) is 8.95. The molecule has 1 aliphatic carbocycles. The van der Waals surface area contributed by atoms with Crippen LogP contribution in [0.5, 0.6) is 0 Å². The minimum atomic E-state index is 0.120. The summed E-state index contributed by atoms with van der Waals surface area (Å²) >= 11 is 0. The van der Waals surface area contributed by atoms with Gasteiger partial charge in [0.05, 0.1) is 6.26 Å². The van der Waals surface area contributed by atoms with Gasteiger partial charge in [0.25, 0.3) is 0 Å². The molecule has 0 aromatic heterocycles. The fourth-order valence-electron chi connectivity index (χ4n) is 2.00. The fourth-order valence-corrected chi connectivity index (χ4v) is 2.00. The van der Waals surface area contributed by atoms with Gasteiger partial charge < -0.3 is 5.11 Å². The molecule has 0 bridgehead atoms. The zero-order valence-electron chi connectivity index (χ0n) is 8.58. The van der Waals surface area contributed by atoms with Crippen molar-refractivity contribution in [2.45, 2.75) is 33.6 Å². The number of allylic oxidation sites excluding steroid dienone is 1. The number of hydrogen-bond acceptors (Lipinski definition) is 2. The standard InChI is InChI=1S/C11H18O2/c1-7(2)9-5-4-8(3)10(6-12)11(9)13/h6-9,12H,4-5H2,1-3H3/t8-,9+/m1/s1. The van der Waals surface area contributed by atoms with Gasteiger partial charge >= 0.3 is 0 Å². The highest BCUT2D eigenvalue weighted by Crippen LogP contribution is 2.33. The van der Waals surface area contributed by atoms with Crippen molar-refractivity contribution in [3.8, 4) is 0 Å². The van der Waals surface area contributed by atoms with Gasteiger partial charge in [-0.1, -0.05) is 20.8 Å². The number of aliphatic hydroxyl groups excluding tert-OH is 1. The zero-order chi connectivity index (χ0) is 10.0. The molecule has 1 N–H and O–H groups in total. The Hall–Kier alpha value is -0.790. The summed E-state index contributed by atoms with van der Waals surface area (Å²) in [4.78, 5) is 11.8. The maximum atomic E-state index is 11.8. The van der Waals surface area contributed by atoms with E-state index in [9.17, 15) is 4.79 Å². The minimum Gasteiger partial charge on any atom is -0.515 e. The van der Waals surface area contributed by atoms with Gasteiger partial charge in [0.2, 0.25) is 0 Å². The van der Waals surface area contributed by atoms with Gasteiger partial charge in [0.15, 0.2) is 5.78 Å². The van der Waals surface area contributed by atoms with E-state index in [2.05, 4.69) is 13.8 Å². The second-order valence-electron chi connectivity index (χ2n) is 4.28. The van der Waals surface area contributed by atoms with E-state index in [1.807, 2.05) is 6.92 Å². The van der Waals surface area contributed by atoms with Crippen molar-refractivity contribution in [1.82, 2.24) is 0 Å². The van der Waals surface area contributed by atoms with Gasteiger partial charge in [0, 0.05) is 11.5 Å². The van der Waals surface area contributed by atoms with Crippen molar-refractivity contribution in [3.05, 3.63) is 11.8 Å². The SMILES string of the molecule is CC(C)[C@@H]1CC[C@@H](C)C(=CO)C1=O. The van der Waals surface area contributed by atoms with Gasteiger partial charge in [-0.15, -0.1) is 0 Å². The average molecular weight is 182 g/mol. The van der Waals surface area contributed by atoms with Crippen LogP contribution in [0.1, 0.15) is 33.6 Å². The van der Waals surface area contributed by atoms with Crippen LogP contribution < -0.4 is 0 Å². The molecule has 0 saturated heterocycles. The summed E-state index contributed by atoms with van der Waals surface area (Å²) in [7, 11) is 0. The third-order valence-electron chi connectivity index (χ3n) is 3.01. The monoisotopic (exact) mass is 182 g/mol. The summed E-state index contributed by atoms with van der Waals surface area (Å²) in [6.45, 7) is 6.12. The van der Waals surface area contributed by atoms with Crippen LogP contribution >= 0.6 is 0 Å². The van der Waals surface area contributed by atoms with Crippen molar-refractivity contribution in [1.29, 1.82) is 0 Å². The first kappa shape index (κ1) is 10.3. The molecule has 2 atom stereocenters. The Morgan fingerprint density at radius 2 is 2.08 bits per heavy atom. The summed E-state index contributed by atoms with van der Waals surface area (Å²) in [5.41, 5.74) is 0.616. The summed E-state index contributed by atoms with van der Waals surface area (Å²) < 4.78 is 0. The van der Waals surface area contributed by atoms with E-state index in [4.69, 9.17) is 5.11 Å². The van der Waals surface area contributed by atoms with E-state index in [1.165, 1.54) is 0 Å². The average Bonchev–Trinajstić information content (AvgIpc) is 2.04. The fraction of sp³-hybridized carbons (Fsp3) is 0.727. The molecule has 0 aromatic rings. The van der Waals surface area contributed by atoms with E-state index in [0.717, 1.165) is 19.1 Å². The van der Waals surface area contributed by atoms with Crippen LogP contribution in [0.4, 0.5) is 0 Å². The first-order chi connectivity index (χ1) is 6.07. The third kappa shape index (κ3) is 1.93. The highest BCUT2D eigenvalue weighted by Gasteiger charge is 2.32. The van der Waals surface area contributed by atoms with Gasteiger partial charge in [-0.05, 0) is 24.7 Å². The molecule has 1 rings (SSSR count). The maximum absolute atomic E-state index is 11.8. The molecule has 74 valence electrons. The number of aliphatic hydroxyl groups is 1. The van der Waals surface area contributed by atoms with Crippen molar-refractivity contribution in [2.24, 2.45) is 17.8 Å². The number of carbonyl (C=O) groups is 1. The summed E-state index contributed by atoms with van der Waals surface area (Å²) in [6.07, 6.45) is 2.98. The molecule has 2 nitrogen and oxygen atoms in total. The Bertz CT molecular complexity index is 228. The Labute approximate surface area is 79.6 Å². The molecule has 13 heavy (non-hydrogen) atoms. The molecule has 2 heteroatoms. The Balaban J connectivity index is 2.82.